The van der Waals surface area contributed by atoms with Gasteiger partial charge in [0.15, 0.2) is 11.6 Å². The number of nitrogens with one attached hydrogen (secondary N) is 1. The van der Waals surface area contributed by atoms with Gasteiger partial charge in [-0.2, -0.15) is 13.2 Å². The number of rotatable bonds is 4. The van der Waals surface area contributed by atoms with Crippen LogP contribution < -0.4 is 10.2 Å². The van der Waals surface area contributed by atoms with Crippen LogP contribution in [-0.4, -0.2) is 29.0 Å². The van der Waals surface area contributed by atoms with Gasteiger partial charge in [-0.05, 0) is 61.0 Å². The first-order chi connectivity index (χ1) is 16.4. The van der Waals surface area contributed by atoms with E-state index in [0.717, 1.165) is 54.1 Å². The van der Waals surface area contributed by atoms with E-state index >= 15 is 0 Å². The van der Waals surface area contributed by atoms with Gasteiger partial charge in [0.1, 0.15) is 0 Å². The van der Waals surface area contributed by atoms with Crippen molar-refractivity contribution in [1.29, 1.82) is 0 Å². The highest BCUT2D eigenvalue weighted by Crippen LogP contribution is 2.33. The molecule has 3 heterocycles. The van der Waals surface area contributed by atoms with Crippen molar-refractivity contribution in [3.8, 4) is 11.4 Å². The lowest BCUT2D eigenvalue weighted by Crippen LogP contribution is -2.30. The van der Waals surface area contributed by atoms with E-state index in [1.165, 1.54) is 18.6 Å². The van der Waals surface area contributed by atoms with E-state index in [9.17, 15) is 18.0 Å². The number of hydrogen-bond acceptors (Lipinski definition) is 5. The van der Waals surface area contributed by atoms with Gasteiger partial charge in [-0.15, -0.1) is 11.3 Å². The third-order valence-corrected chi connectivity index (χ3v) is 6.67. The summed E-state index contributed by atoms with van der Waals surface area (Å²) in [4.78, 5) is 24.5. The molecule has 4 aromatic rings. The molecule has 0 saturated carbocycles. The van der Waals surface area contributed by atoms with Gasteiger partial charge in [-0.25, -0.2) is 9.97 Å². The predicted molar refractivity (Wildman–Crippen MR) is 128 cm³/mol. The normalized spacial score (nSPS) is 14.4. The van der Waals surface area contributed by atoms with E-state index in [1.807, 2.05) is 17.5 Å². The average molecular weight is 483 g/mol. The van der Waals surface area contributed by atoms with Crippen LogP contribution in [-0.2, 0) is 6.18 Å². The van der Waals surface area contributed by atoms with Crippen LogP contribution in [0.3, 0.4) is 0 Å². The number of halogens is 3. The van der Waals surface area contributed by atoms with Crippen molar-refractivity contribution >= 4 is 39.0 Å². The number of thiophene rings is 1. The molecule has 9 heteroatoms. The quantitative estimate of drug-likeness (QED) is 0.355. The Morgan fingerprint density at radius 2 is 1.76 bits per heavy atom. The molecular weight excluding hydrogens is 461 g/mol. The summed E-state index contributed by atoms with van der Waals surface area (Å²) in [5.74, 6) is 0.848. The van der Waals surface area contributed by atoms with Crippen molar-refractivity contribution in [3.05, 3.63) is 71.1 Å². The predicted octanol–water partition coefficient (Wildman–Crippen LogP) is 6.62. The minimum atomic E-state index is -4.51. The molecule has 2 aromatic carbocycles. The Balaban J connectivity index is 1.44. The fourth-order valence-corrected chi connectivity index (χ4v) is 4.92. The van der Waals surface area contributed by atoms with Crippen LogP contribution in [0.1, 0.15) is 35.2 Å². The number of piperidine rings is 1. The smallest absolute Gasteiger partial charge is 0.355 e. The largest absolute Gasteiger partial charge is 0.416 e. The molecule has 0 unspecified atom stereocenters. The van der Waals surface area contributed by atoms with Crippen LogP contribution in [0, 0.1) is 0 Å². The lowest BCUT2D eigenvalue weighted by atomic mass is 10.1. The lowest BCUT2D eigenvalue weighted by molar-refractivity contribution is -0.137. The third kappa shape index (κ3) is 4.61. The van der Waals surface area contributed by atoms with Crippen molar-refractivity contribution in [2.45, 2.75) is 25.4 Å². The van der Waals surface area contributed by atoms with Gasteiger partial charge in [0.2, 0.25) is 0 Å². The number of alkyl halides is 3. The van der Waals surface area contributed by atoms with Crippen LogP contribution >= 0.6 is 11.3 Å². The summed E-state index contributed by atoms with van der Waals surface area (Å²) in [6.07, 6.45) is -1.04. The second-order valence-electron chi connectivity index (χ2n) is 8.17. The number of carbonyl (C=O) groups excluding carboxylic acids is 1. The Bertz CT molecular complexity index is 1350. The van der Waals surface area contributed by atoms with Crippen LogP contribution in [0.15, 0.2) is 60.0 Å². The Morgan fingerprint density at radius 3 is 2.56 bits per heavy atom. The molecule has 0 spiro atoms. The first-order valence-corrected chi connectivity index (χ1v) is 11.9. The lowest BCUT2D eigenvalue weighted by Gasteiger charge is -2.28. The Morgan fingerprint density at radius 1 is 0.971 bits per heavy atom. The summed E-state index contributed by atoms with van der Waals surface area (Å²) in [6.45, 7) is 1.91. The van der Waals surface area contributed by atoms with Gasteiger partial charge in [-0.3, -0.25) is 4.79 Å². The monoisotopic (exact) mass is 482 g/mol. The van der Waals surface area contributed by atoms with Gasteiger partial charge >= 0.3 is 6.18 Å². The minimum Gasteiger partial charge on any atom is -0.355 e. The minimum absolute atomic E-state index is 0.0662. The number of benzene rings is 2. The highest BCUT2D eigenvalue weighted by molar-refractivity contribution is 7.17. The van der Waals surface area contributed by atoms with Gasteiger partial charge < -0.3 is 10.2 Å². The van der Waals surface area contributed by atoms with Crippen molar-refractivity contribution in [1.82, 2.24) is 9.97 Å². The molecule has 0 atom stereocenters. The summed E-state index contributed by atoms with van der Waals surface area (Å²) in [6, 6.07) is 13.4. The average Bonchev–Trinajstić information content (AvgIpc) is 3.32. The Kier molecular flexibility index (Phi) is 5.95. The molecule has 2 aromatic heterocycles. The van der Waals surface area contributed by atoms with Crippen LogP contribution in [0.25, 0.3) is 21.6 Å². The number of nitrogens with zero attached hydrogens (tertiary/aromatic N) is 3. The van der Waals surface area contributed by atoms with E-state index in [2.05, 4.69) is 10.2 Å². The Labute approximate surface area is 198 Å². The van der Waals surface area contributed by atoms with Gasteiger partial charge in [0.25, 0.3) is 5.91 Å². The zero-order chi connectivity index (χ0) is 23.7. The number of carbonyl (C=O) groups is 1. The highest BCUT2D eigenvalue weighted by Gasteiger charge is 2.31. The molecule has 0 bridgehead atoms. The summed E-state index contributed by atoms with van der Waals surface area (Å²) in [5.41, 5.74) is 1.11. The van der Waals surface area contributed by atoms with Gasteiger partial charge in [0.05, 0.1) is 15.8 Å². The molecule has 1 aliphatic rings. The van der Waals surface area contributed by atoms with Gasteiger partial charge in [-0.1, -0.05) is 18.2 Å². The molecule has 1 N–H and O–H groups in total. The van der Waals surface area contributed by atoms with Gasteiger partial charge in [0, 0.05) is 29.9 Å². The fourth-order valence-electron chi connectivity index (χ4n) is 4.07. The summed E-state index contributed by atoms with van der Waals surface area (Å²) in [7, 11) is 0. The van der Waals surface area contributed by atoms with E-state index in [-0.39, 0.29) is 5.56 Å². The molecule has 1 fully saturated rings. The summed E-state index contributed by atoms with van der Waals surface area (Å²) >= 11 is 1.62. The highest BCUT2D eigenvalue weighted by atomic mass is 32.1. The molecular formula is C25H21F3N4OS. The molecule has 0 radical (unpaired) electrons. The number of hydrogen-bond donors (Lipinski definition) is 1. The van der Waals surface area contributed by atoms with Crippen LogP contribution in [0.2, 0.25) is 0 Å². The van der Waals surface area contributed by atoms with E-state index in [1.54, 1.807) is 29.5 Å². The van der Waals surface area contributed by atoms with Crippen molar-refractivity contribution in [2.24, 2.45) is 0 Å². The molecule has 5 nitrogen and oxygen atoms in total. The molecule has 1 saturated heterocycles. The standard InChI is InChI=1S/C25H21F3N4OS/c26-25(27,28)18-8-4-7-17(14-18)24(33)29-19-9-5-6-16(15-19)22-30-20-10-13-34-21(20)23(31-22)32-11-2-1-3-12-32/h4-10,13-15H,1-3,11-12H2,(H,29,33). The molecule has 0 aliphatic carbocycles. The van der Waals surface area contributed by atoms with Crippen molar-refractivity contribution in [3.63, 3.8) is 0 Å². The molecule has 1 aliphatic heterocycles. The SMILES string of the molecule is O=C(Nc1cccc(-c2nc(N3CCCCC3)c3sccc3n2)c1)c1cccc(C(F)(F)F)c1. The van der Waals surface area contributed by atoms with Crippen LogP contribution in [0.5, 0.6) is 0 Å². The number of aromatic nitrogens is 2. The number of amides is 1. The third-order valence-electron chi connectivity index (χ3n) is 5.77. The van der Waals surface area contributed by atoms with E-state index in [4.69, 9.17) is 9.97 Å². The van der Waals surface area contributed by atoms with E-state index < -0.39 is 17.6 Å². The topological polar surface area (TPSA) is 58.1 Å². The first-order valence-electron chi connectivity index (χ1n) is 11.0. The zero-order valence-corrected chi connectivity index (χ0v) is 18.9. The maximum Gasteiger partial charge on any atom is 0.416 e. The van der Waals surface area contributed by atoms with Crippen molar-refractivity contribution < 1.29 is 18.0 Å². The van der Waals surface area contributed by atoms with Crippen molar-refractivity contribution in [2.75, 3.05) is 23.3 Å². The summed E-state index contributed by atoms with van der Waals surface area (Å²) < 4.78 is 40.1. The second kappa shape index (κ2) is 9.06. The molecule has 1 amide bonds. The number of fused-ring (bicyclic) bond motifs is 1. The zero-order valence-electron chi connectivity index (χ0n) is 18.1. The fraction of sp³-hybridized carbons (Fsp3) is 0.240. The molecule has 174 valence electrons. The molecule has 34 heavy (non-hydrogen) atoms. The molecule has 5 rings (SSSR count). The Hall–Kier alpha value is -3.46. The maximum atomic E-state index is 13.0. The summed E-state index contributed by atoms with van der Waals surface area (Å²) in [5, 5.41) is 4.69. The second-order valence-corrected chi connectivity index (χ2v) is 9.08. The van der Waals surface area contributed by atoms with E-state index in [0.29, 0.717) is 17.1 Å². The maximum absolute atomic E-state index is 13.0. The van der Waals surface area contributed by atoms with Crippen LogP contribution in [0.4, 0.5) is 24.7 Å². The number of anilines is 2. The first kappa shape index (κ1) is 22.3.